The van der Waals surface area contributed by atoms with Crippen molar-refractivity contribution < 1.29 is 28.1 Å². The van der Waals surface area contributed by atoms with Crippen molar-refractivity contribution in [3.8, 4) is 5.75 Å². The molecule has 2 N–H and O–H groups in total. The monoisotopic (exact) mass is 597 g/mol. The van der Waals surface area contributed by atoms with Gasteiger partial charge < -0.3 is 14.9 Å². The lowest BCUT2D eigenvalue weighted by molar-refractivity contribution is -0.137. The van der Waals surface area contributed by atoms with Gasteiger partial charge in [-0.15, -0.1) is 0 Å². The summed E-state index contributed by atoms with van der Waals surface area (Å²) in [5.74, 6) is 0.232. The van der Waals surface area contributed by atoms with Gasteiger partial charge in [0.15, 0.2) is 0 Å². The number of nitrogens with zero attached hydrogens (tertiary/aromatic N) is 1. The third-order valence-corrected chi connectivity index (χ3v) is 7.73. The fourth-order valence-corrected chi connectivity index (χ4v) is 5.33. The van der Waals surface area contributed by atoms with Crippen LogP contribution < -0.4 is 4.74 Å². The van der Waals surface area contributed by atoms with Crippen molar-refractivity contribution >= 4 is 11.6 Å². The topological polar surface area (TPSA) is 52.9 Å². The molecule has 8 heteroatoms. The van der Waals surface area contributed by atoms with Crippen molar-refractivity contribution in [3.63, 3.8) is 0 Å². The van der Waals surface area contributed by atoms with E-state index in [-0.39, 0.29) is 36.6 Å². The van der Waals surface area contributed by atoms with E-state index in [0.29, 0.717) is 37.4 Å². The second-order valence-corrected chi connectivity index (χ2v) is 10.6. The van der Waals surface area contributed by atoms with E-state index in [4.69, 9.17) is 16.3 Å². The number of benzene rings is 4. The summed E-state index contributed by atoms with van der Waals surface area (Å²) in [5, 5.41) is 18.7. The number of alkyl halides is 3. The SMILES string of the molecule is OCC(CO)c1cccc(OCCCN(Cc2cccc(C(F)(F)F)c2Cl)CC(c2ccccc2)c2ccccc2)c1. The number of halogens is 4. The average molecular weight is 598 g/mol. The van der Waals surface area contributed by atoms with Crippen molar-refractivity contribution in [1.29, 1.82) is 0 Å². The number of hydrogen-bond donors (Lipinski definition) is 2. The molecule has 4 rings (SSSR count). The Labute approximate surface area is 250 Å². The molecule has 0 aliphatic rings. The predicted octanol–water partition coefficient (Wildman–Crippen LogP) is 7.53. The first-order valence-electron chi connectivity index (χ1n) is 13.9. The van der Waals surface area contributed by atoms with Gasteiger partial charge in [0.2, 0.25) is 0 Å². The summed E-state index contributed by atoms with van der Waals surface area (Å²) < 4.78 is 46.8. The van der Waals surface area contributed by atoms with E-state index in [1.165, 1.54) is 6.07 Å². The highest BCUT2D eigenvalue weighted by Crippen LogP contribution is 2.37. The first-order valence-corrected chi connectivity index (χ1v) is 14.3. The average Bonchev–Trinajstić information content (AvgIpc) is 3.00. The van der Waals surface area contributed by atoms with Crippen LogP contribution in [0.3, 0.4) is 0 Å². The summed E-state index contributed by atoms with van der Waals surface area (Å²) in [7, 11) is 0. The maximum atomic E-state index is 13.6. The van der Waals surface area contributed by atoms with Gasteiger partial charge in [0.25, 0.3) is 0 Å². The highest BCUT2D eigenvalue weighted by Gasteiger charge is 2.34. The summed E-state index contributed by atoms with van der Waals surface area (Å²) in [6, 6.07) is 31.4. The predicted molar refractivity (Wildman–Crippen MR) is 160 cm³/mol. The fraction of sp³-hybridized carbons (Fsp3) is 0.294. The minimum atomic E-state index is -4.54. The van der Waals surface area contributed by atoms with E-state index < -0.39 is 11.7 Å². The molecular weight excluding hydrogens is 563 g/mol. The van der Waals surface area contributed by atoms with Crippen LogP contribution in [0.5, 0.6) is 5.75 Å². The summed E-state index contributed by atoms with van der Waals surface area (Å²) >= 11 is 6.31. The molecule has 42 heavy (non-hydrogen) atoms. The maximum absolute atomic E-state index is 13.6. The minimum absolute atomic E-state index is 0.0107. The Morgan fingerprint density at radius 2 is 1.36 bits per heavy atom. The molecule has 0 fully saturated rings. The zero-order valence-electron chi connectivity index (χ0n) is 23.2. The van der Waals surface area contributed by atoms with Crippen molar-refractivity contribution in [3.05, 3.63) is 136 Å². The van der Waals surface area contributed by atoms with Crippen LogP contribution in [0.4, 0.5) is 13.2 Å². The molecule has 0 aliphatic heterocycles. The Hall–Kier alpha value is -3.36. The van der Waals surface area contributed by atoms with Crippen molar-refractivity contribution in [2.45, 2.75) is 31.0 Å². The number of aliphatic hydroxyl groups excluding tert-OH is 2. The molecule has 4 aromatic rings. The van der Waals surface area contributed by atoms with Gasteiger partial charge in [-0.1, -0.05) is 96.5 Å². The third-order valence-electron chi connectivity index (χ3n) is 7.28. The molecule has 0 spiro atoms. The Balaban J connectivity index is 1.54. The summed E-state index contributed by atoms with van der Waals surface area (Å²) in [4.78, 5) is 2.12. The van der Waals surface area contributed by atoms with Crippen LogP contribution >= 0.6 is 11.6 Å². The molecule has 0 bridgehead atoms. The van der Waals surface area contributed by atoms with E-state index >= 15 is 0 Å². The molecule has 0 unspecified atom stereocenters. The van der Waals surface area contributed by atoms with Crippen LogP contribution in [0.25, 0.3) is 0 Å². The largest absolute Gasteiger partial charge is 0.494 e. The van der Waals surface area contributed by atoms with Crippen LogP contribution in [0, 0.1) is 0 Å². The number of rotatable bonds is 14. The summed E-state index contributed by atoms with van der Waals surface area (Å²) in [6.07, 6.45) is -3.93. The third kappa shape index (κ3) is 8.58. The normalized spacial score (nSPS) is 11.9. The van der Waals surface area contributed by atoms with Crippen LogP contribution in [0.2, 0.25) is 5.02 Å². The first kappa shape index (κ1) is 31.6. The summed E-state index contributed by atoms with van der Waals surface area (Å²) in [6.45, 7) is 1.39. The molecular formula is C34H35ClF3NO3. The molecule has 0 heterocycles. The Morgan fingerprint density at radius 3 is 1.95 bits per heavy atom. The molecule has 4 aromatic carbocycles. The Morgan fingerprint density at radius 1 is 0.762 bits per heavy atom. The fourth-order valence-electron chi connectivity index (χ4n) is 5.03. The van der Waals surface area contributed by atoms with Crippen LogP contribution in [0.1, 0.15) is 46.1 Å². The van der Waals surface area contributed by atoms with Crippen molar-refractivity contribution in [1.82, 2.24) is 4.90 Å². The molecule has 0 atom stereocenters. The lowest BCUT2D eigenvalue weighted by atomic mass is 9.90. The molecule has 0 radical (unpaired) electrons. The highest BCUT2D eigenvalue weighted by molar-refractivity contribution is 6.32. The highest BCUT2D eigenvalue weighted by atomic mass is 35.5. The lowest BCUT2D eigenvalue weighted by Gasteiger charge is -2.29. The molecule has 0 aliphatic carbocycles. The lowest BCUT2D eigenvalue weighted by Crippen LogP contribution is -2.31. The molecule has 4 nitrogen and oxygen atoms in total. The van der Waals surface area contributed by atoms with E-state index in [2.05, 4.69) is 29.2 Å². The first-order chi connectivity index (χ1) is 20.3. The van der Waals surface area contributed by atoms with Gasteiger partial charge in [-0.2, -0.15) is 13.2 Å². The van der Waals surface area contributed by atoms with Crippen molar-refractivity contribution in [2.24, 2.45) is 0 Å². The molecule has 0 aromatic heterocycles. The van der Waals surface area contributed by atoms with Gasteiger partial charge >= 0.3 is 6.18 Å². The Kier molecular flexibility index (Phi) is 11.4. The molecule has 0 saturated heterocycles. The standard InChI is InChI=1S/C34H35ClF3NO3/c35-33-28(15-8-17-32(33)34(36,37)38)21-39(18-9-19-42-30-16-7-14-27(20-30)29(23-40)24-41)22-31(25-10-3-1-4-11-25)26-12-5-2-6-13-26/h1-8,10-17,20,29,31,40-41H,9,18-19,21-24H2. The zero-order valence-corrected chi connectivity index (χ0v) is 23.9. The van der Waals surface area contributed by atoms with E-state index in [1.807, 2.05) is 54.6 Å². The minimum Gasteiger partial charge on any atom is -0.494 e. The van der Waals surface area contributed by atoms with Crippen LogP contribution in [0.15, 0.2) is 103 Å². The molecule has 0 saturated carbocycles. The number of ether oxygens (including phenoxy) is 1. The van der Waals surface area contributed by atoms with Gasteiger partial charge in [-0.05, 0) is 46.9 Å². The summed E-state index contributed by atoms with van der Waals surface area (Å²) in [5.41, 5.74) is 2.58. The van der Waals surface area contributed by atoms with E-state index in [9.17, 15) is 23.4 Å². The van der Waals surface area contributed by atoms with Gasteiger partial charge in [-0.25, -0.2) is 0 Å². The zero-order chi connectivity index (χ0) is 30.0. The van der Waals surface area contributed by atoms with Crippen LogP contribution in [-0.4, -0.2) is 48.0 Å². The molecule has 0 amide bonds. The van der Waals surface area contributed by atoms with Crippen molar-refractivity contribution in [2.75, 3.05) is 32.9 Å². The second kappa shape index (κ2) is 15.2. The van der Waals surface area contributed by atoms with Crippen LogP contribution in [-0.2, 0) is 12.7 Å². The van der Waals surface area contributed by atoms with Gasteiger partial charge in [-0.3, -0.25) is 4.90 Å². The smallest absolute Gasteiger partial charge is 0.417 e. The quantitative estimate of drug-likeness (QED) is 0.148. The van der Waals surface area contributed by atoms with Gasteiger partial charge in [0, 0.05) is 31.5 Å². The van der Waals surface area contributed by atoms with Gasteiger partial charge in [0.1, 0.15) is 5.75 Å². The molecule has 222 valence electrons. The Bertz CT molecular complexity index is 1340. The number of aliphatic hydroxyl groups is 2. The van der Waals surface area contributed by atoms with E-state index in [0.717, 1.165) is 22.8 Å². The van der Waals surface area contributed by atoms with E-state index in [1.54, 1.807) is 12.1 Å². The van der Waals surface area contributed by atoms with Gasteiger partial charge in [0.05, 0.1) is 30.4 Å². The maximum Gasteiger partial charge on any atom is 0.417 e. The number of hydrogen-bond acceptors (Lipinski definition) is 4. The second-order valence-electron chi connectivity index (χ2n) is 10.2.